The minimum absolute atomic E-state index is 0.111. The number of hydrogen-bond donors (Lipinski definition) is 1. The average molecular weight is 269 g/mol. The molecular weight excluding hydrogens is 259 g/mol. The van der Waals surface area contributed by atoms with Crippen molar-refractivity contribution in [1.82, 2.24) is 0 Å². The third-order valence-electron chi connectivity index (χ3n) is 2.28. The van der Waals surface area contributed by atoms with Crippen molar-refractivity contribution < 1.29 is 13.2 Å². The second kappa shape index (κ2) is 4.94. The molecule has 5 heteroatoms. The molecule has 0 unspecified atom stereocenters. The Kier molecular flexibility index (Phi) is 3.52. The van der Waals surface area contributed by atoms with Gasteiger partial charge in [0.25, 0.3) is 0 Å². The molecule has 2 N–H and O–H groups in total. The molecule has 1 nitrogen and oxygen atoms in total. The number of rotatable bonds is 2. The first kappa shape index (κ1) is 12.8. The zero-order valence-electron chi connectivity index (χ0n) is 9.24. The van der Waals surface area contributed by atoms with Crippen molar-refractivity contribution in [3.05, 3.63) is 54.1 Å². The van der Waals surface area contributed by atoms with Gasteiger partial charge in [0.05, 0.1) is 5.56 Å². The maximum atomic E-state index is 12.9. The highest BCUT2D eigenvalue weighted by molar-refractivity contribution is 7.99. The molecule has 0 heterocycles. The minimum atomic E-state index is -4.40. The summed E-state index contributed by atoms with van der Waals surface area (Å²) in [6, 6.07) is 12.8. The number of nitrogen functional groups attached to an aromatic ring is 1. The van der Waals surface area contributed by atoms with Gasteiger partial charge in [-0.25, -0.2) is 0 Å². The molecule has 0 bridgehead atoms. The molecule has 0 saturated carbocycles. The molecule has 2 aromatic rings. The molecule has 0 saturated heterocycles. The van der Waals surface area contributed by atoms with Crippen molar-refractivity contribution in [2.45, 2.75) is 16.0 Å². The van der Waals surface area contributed by atoms with Gasteiger partial charge in [-0.15, -0.1) is 0 Å². The Balaban J connectivity index is 2.39. The molecule has 0 radical (unpaired) electrons. The Morgan fingerprint density at radius 2 is 1.61 bits per heavy atom. The number of benzene rings is 2. The highest BCUT2D eigenvalue weighted by Gasteiger charge is 2.33. The summed E-state index contributed by atoms with van der Waals surface area (Å²) in [6.07, 6.45) is -4.40. The number of nitrogens with two attached hydrogens (primary N) is 1. The third kappa shape index (κ3) is 2.98. The van der Waals surface area contributed by atoms with Crippen molar-refractivity contribution in [1.29, 1.82) is 0 Å². The smallest absolute Gasteiger partial charge is 0.399 e. The van der Waals surface area contributed by atoms with Crippen LogP contribution in [0.3, 0.4) is 0 Å². The van der Waals surface area contributed by atoms with Gasteiger partial charge in [0, 0.05) is 15.5 Å². The second-order valence-corrected chi connectivity index (χ2v) is 4.78. The molecule has 2 aromatic carbocycles. The van der Waals surface area contributed by atoms with Crippen LogP contribution in [0.4, 0.5) is 18.9 Å². The van der Waals surface area contributed by atoms with Crippen molar-refractivity contribution in [3.8, 4) is 0 Å². The van der Waals surface area contributed by atoms with Crippen LogP contribution in [0.1, 0.15) is 5.56 Å². The summed E-state index contributed by atoms with van der Waals surface area (Å²) in [7, 11) is 0. The Bertz CT molecular complexity index is 538. The van der Waals surface area contributed by atoms with Gasteiger partial charge >= 0.3 is 6.18 Å². The van der Waals surface area contributed by atoms with E-state index in [1.807, 2.05) is 6.07 Å². The Labute approximate surface area is 107 Å². The maximum Gasteiger partial charge on any atom is 0.417 e. The van der Waals surface area contributed by atoms with Crippen LogP contribution >= 0.6 is 11.8 Å². The van der Waals surface area contributed by atoms with Crippen LogP contribution in [0.2, 0.25) is 0 Å². The largest absolute Gasteiger partial charge is 0.417 e. The van der Waals surface area contributed by atoms with E-state index in [1.54, 1.807) is 24.3 Å². The molecule has 18 heavy (non-hydrogen) atoms. The zero-order valence-corrected chi connectivity index (χ0v) is 10.1. The second-order valence-electron chi connectivity index (χ2n) is 3.67. The molecule has 0 atom stereocenters. The summed E-state index contributed by atoms with van der Waals surface area (Å²) >= 11 is 1.07. The molecule has 0 aromatic heterocycles. The number of alkyl halides is 3. The Hall–Kier alpha value is -1.62. The van der Waals surface area contributed by atoms with Gasteiger partial charge in [-0.2, -0.15) is 13.2 Å². The average Bonchev–Trinajstić information content (AvgIpc) is 2.31. The summed E-state index contributed by atoms with van der Waals surface area (Å²) < 4.78 is 38.6. The van der Waals surface area contributed by atoms with Crippen molar-refractivity contribution in [3.63, 3.8) is 0 Å². The van der Waals surface area contributed by atoms with Crippen molar-refractivity contribution in [2.24, 2.45) is 0 Å². The van der Waals surface area contributed by atoms with Crippen LogP contribution in [-0.2, 0) is 6.18 Å². The Morgan fingerprint density at radius 3 is 2.22 bits per heavy atom. The molecule has 0 fully saturated rings. The van der Waals surface area contributed by atoms with Gasteiger partial charge in [0.2, 0.25) is 0 Å². The molecule has 0 aliphatic carbocycles. The van der Waals surface area contributed by atoms with Crippen LogP contribution in [-0.4, -0.2) is 0 Å². The van der Waals surface area contributed by atoms with Gasteiger partial charge in [0.15, 0.2) is 0 Å². The number of halogens is 3. The summed E-state index contributed by atoms with van der Waals surface area (Å²) in [4.78, 5) is 0.913. The normalized spacial score (nSPS) is 11.5. The fraction of sp³-hybridized carbons (Fsp3) is 0.0769. The van der Waals surface area contributed by atoms with E-state index in [4.69, 9.17) is 5.73 Å². The van der Waals surface area contributed by atoms with Crippen molar-refractivity contribution >= 4 is 17.4 Å². The standard InChI is InChI=1S/C13H10F3NS/c14-13(15,16)11-8-9(17)6-7-12(11)18-10-4-2-1-3-5-10/h1-8H,17H2. The van der Waals surface area contributed by atoms with E-state index in [0.717, 1.165) is 22.7 Å². The predicted molar refractivity (Wildman–Crippen MR) is 66.4 cm³/mol. The first-order valence-corrected chi connectivity index (χ1v) is 5.98. The predicted octanol–water partition coefficient (Wildman–Crippen LogP) is 4.44. The van der Waals surface area contributed by atoms with Gasteiger partial charge < -0.3 is 5.73 Å². The highest BCUT2D eigenvalue weighted by Crippen LogP contribution is 2.40. The first-order valence-electron chi connectivity index (χ1n) is 5.16. The van der Waals surface area contributed by atoms with E-state index in [-0.39, 0.29) is 10.6 Å². The van der Waals surface area contributed by atoms with E-state index in [9.17, 15) is 13.2 Å². The first-order chi connectivity index (χ1) is 8.47. The van der Waals surface area contributed by atoms with Gasteiger partial charge in [-0.05, 0) is 30.3 Å². The quantitative estimate of drug-likeness (QED) is 0.816. The van der Waals surface area contributed by atoms with E-state index in [0.29, 0.717) is 0 Å². The van der Waals surface area contributed by atoms with E-state index < -0.39 is 11.7 Å². The summed E-state index contributed by atoms with van der Waals surface area (Å²) in [6.45, 7) is 0. The molecular formula is C13H10F3NS. The lowest BCUT2D eigenvalue weighted by Crippen LogP contribution is -2.07. The molecule has 2 rings (SSSR count). The zero-order chi connectivity index (χ0) is 13.2. The minimum Gasteiger partial charge on any atom is -0.399 e. The lowest BCUT2D eigenvalue weighted by molar-refractivity contribution is -0.139. The molecule has 0 aliphatic rings. The van der Waals surface area contributed by atoms with Crippen molar-refractivity contribution in [2.75, 3.05) is 5.73 Å². The molecule has 0 aliphatic heterocycles. The topological polar surface area (TPSA) is 26.0 Å². The number of hydrogen-bond acceptors (Lipinski definition) is 2. The van der Waals surface area contributed by atoms with Gasteiger partial charge in [-0.1, -0.05) is 30.0 Å². The van der Waals surface area contributed by atoms with Crippen LogP contribution in [0, 0.1) is 0 Å². The highest BCUT2D eigenvalue weighted by atomic mass is 32.2. The van der Waals surface area contributed by atoms with Crippen LogP contribution < -0.4 is 5.73 Å². The monoisotopic (exact) mass is 269 g/mol. The van der Waals surface area contributed by atoms with Crippen LogP contribution in [0.15, 0.2) is 58.3 Å². The fourth-order valence-corrected chi connectivity index (χ4v) is 2.44. The van der Waals surface area contributed by atoms with E-state index >= 15 is 0 Å². The van der Waals surface area contributed by atoms with Gasteiger partial charge in [-0.3, -0.25) is 0 Å². The van der Waals surface area contributed by atoms with Crippen LogP contribution in [0.25, 0.3) is 0 Å². The van der Waals surface area contributed by atoms with E-state index in [1.165, 1.54) is 12.1 Å². The van der Waals surface area contributed by atoms with Gasteiger partial charge in [0.1, 0.15) is 0 Å². The number of anilines is 1. The third-order valence-corrected chi connectivity index (χ3v) is 3.36. The fourth-order valence-electron chi connectivity index (χ4n) is 1.47. The molecule has 0 spiro atoms. The SMILES string of the molecule is Nc1ccc(Sc2ccccc2)c(C(F)(F)F)c1. The van der Waals surface area contributed by atoms with E-state index in [2.05, 4.69) is 0 Å². The maximum absolute atomic E-state index is 12.9. The lowest BCUT2D eigenvalue weighted by atomic mass is 10.2. The summed E-state index contributed by atoms with van der Waals surface area (Å²) in [5, 5.41) is 0. The Morgan fingerprint density at radius 1 is 0.944 bits per heavy atom. The molecule has 0 amide bonds. The summed E-state index contributed by atoms with van der Waals surface area (Å²) in [5.74, 6) is 0. The van der Waals surface area contributed by atoms with Crippen LogP contribution in [0.5, 0.6) is 0 Å². The lowest BCUT2D eigenvalue weighted by Gasteiger charge is -2.13. The molecule has 94 valence electrons. The summed E-state index contributed by atoms with van der Waals surface area (Å²) in [5.41, 5.74) is 4.82.